The van der Waals surface area contributed by atoms with Gasteiger partial charge >= 0.3 is 0 Å². The zero-order valence-electron chi connectivity index (χ0n) is 9.84. The Morgan fingerprint density at radius 2 is 2.00 bits per heavy atom. The Balaban J connectivity index is 2.16. The molecule has 2 atom stereocenters. The molecule has 1 fully saturated rings. The van der Waals surface area contributed by atoms with Crippen molar-refractivity contribution >= 4 is 21.6 Å². The van der Waals surface area contributed by atoms with E-state index >= 15 is 0 Å². The fourth-order valence-corrected chi connectivity index (χ4v) is 3.75. The van der Waals surface area contributed by atoms with Crippen LogP contribution < -0.4 is 4.72 Å². The first-order valence-corrected chi connectivity index (χ1v) is 7.81. The highest BCUT2D eigenvalue weighted by molar-refractivity contribution is 7.89. The van der Waals surface area contributed by atoms with Gasteiger partial charge in [-0.15, -0.1) is 0 Å². The number of aliphatic hydroxyl groups is 1. The van der Waals surface area contributed by atoms with E-state index in [1.54, 1.807) is 12.1 Å². The lowest BCUT2D eigenvalue weighted by Crippen LogP contribution is -2.44. The molecule has 4 nitrogen and oxygen atoms in total. The van der Waals surface area contributed by atoms with E-state index in [0.717, 1.165) is 12.8 Å². The van der Waals surface area contributed by atoms with Crippen molar-refractivity contribution in [3.05, 3.63) is 29.3 Å². The third-order valence-electron chi connectivity index (χ3n) is 3.14. The minimum Gasteiger partial charge on any atom is -0.391 e. The van der Waals surface area contributed by atoms with E-state index in [0.29, 0.717) is 17.9 Å². The van der Waals surface area contributed by atoms with E-state index in [1.807, 2.05) is 0 Å². The summed E-state index contributed by atoms with van der Waals surface area (Å²) >= 11 is 5.78. The molecule has 0 bridgehead atoms. The van der Waals surface area contributed by atoms with Gasteiger partial charge in [0.25, 0.3) is 0 Å². The van der Waals surface area contributed by atoms with Gasteiger partial charge in [-0.3, -0.25) is 0 Å². The summed E-state index contributed by atoms with van der Waals surface area (Å²) in [6.45, 7) is 0. The number of benzene rings is 1. The Morgan fingerprint density at radius 3 is 2.67 bits per heavy atom. The lowest BCUT2D eigenvalue weighted by atomic mass is 9.93. The van der Waals surface area contributed by atoms with Crippen molar-refractivity contribution < 1.29 is 13.5 Å². The molecule has 1 aliphatic rings. The topological polar surface area (TPSA) is 66.4 Å². The Labute approximate surface area is 112 Å². The Kier molecular flexibility index (Phi) is 4.27. The van der Waals surface area contributed by atoms with Crippen molar-refractivity contribution in [2.24, 2.45) is 0 Å². The third-order valence-corrected chi connectivity index (χ3v) is 4.87. The number of hydrogen-bond acceptors (Lipinski definition) is 3. The van der Waals surface area contributed by atoms with Crippen LogP contribution in [0.1, 0.15) is 25.7 Å². The maximum Gasteiger partial charge on any atom is 0.240 e. The predicted molar refractivity (Wildman–Crippen MR) is 70.0 cm³/mol. The molecule has 0 amide bonds. The monoisotopic (exact) mass is 289 g/mol. The standard InChI is InChI=1S/C12H16ClNO3S/c13-9-4-3-5-10(8-9)18(16,17)14-11-6-1-2-7-12(11)15/h3-5,8,11-12,14-15H,1-2,6-7H2/t11-,12-/m1/s1. The smallest absolute Gasteiger partial charge is 0.240 e. The summed E-state index contributed by atoms with van der Waals surface area (Å²) < 4.78 is 26.8. The molecule has 1 saturated carbocycles. The fourth-order valence-electron chi connectivity index (χ4n) is 2.15. The minimum absolute atomic E-state index is 0.132. The molecule has 0 spiro atoms. The summed E-state index contributed by atoms with van der Waals surface area (Å²) in [6.07, 6.45) is 2.58. The van der Waals surface area contributed by atoms with Crippen LogP contribution in [0.5, 0.6) is 0 Å². The summed E-state index contributed by atoms with van der Waals surface area (Å²) in [5.41, 5.74) is 0. The molecule has 0 aliphatic heterocycles. The molecular weight excluding hydrogens is 274 g/mol. The molecule has 1 aromatic rings. The number of aliphatic hydroxyl groups excluding tert-OH is 1. The molecule has 1 aliphatic carbocycles. The number of sulfonamides is 1. The van der Waals surface area contributed by atoms with Crippen molar-refractivity contribution in [2.45, 2.75) is 42.7 Å². The molecule has 18 heavy (non-hydrogen) atoms. The van der Waals surface area contributed by atoms with Gasteiger partial charge in [0.2, 0.25) is 10.0 Å². The first-order chi connectivity index (χ1) is 8.49. The first-order valence-electron chi connectivity index (χ1n) is 5.95. The van der Waals surface area contributed by atoms with Crippen LogP contribution in [-0.2, 0) is 10.0 Å². The molecule has 1 aromatic carbocycles. The van der Waals surface area contributed by atoms with Gasteiger partial charge in [0.1, 0.15) is 0 Å². The highest BCUT2D eigenvalue weighted by atomic mass is 35.5. The molecule has 0 saturated heterocycles. The molecule has 2 rings (SSSR count). The summed E-state index contributed by atoms with van der Waals surface area (Å²) in [6, 6.07) is 5.70. The maximum atomic E-state index is 12.1. The molecule has 100 valence electrons. The molecular formula is C12H16ClNO3S. The highest BCUT2D eigenvalue weighted by Gasteiger charge is 2.28. The minimum atomic E-state index is -3.61. The van der Waals surface area contributed by atoms with E-state index < -0.39 is 22.2 Å². The van der Waals surface area contributed by atoms with Crippen LogP contribution in [0.2, 0.25) is 5.02 Å². The molecule has 0 radical (unpaired) electrons. The van der Waals surface area contributed by atoms with E-state index in [-0.39, 0.29) is 4.90 Å². The second-order valence-corrected chi connectivity index (χ2v) is 6.69. The van der Waals surface area contributed by atoms with E-state index in [4.69, 9.17) is 11.6 Å². The quantitative estimate of drug-likeness (QED) is 0.893. The van der Waals surface area contributed by atoms with Gasteiger partial charge in [-0.1, -0.05) is 30.5 Å². The van der Waals surface area contributed by atoms with Crippen LogP contribution in [0.25, 0.3) is 0 Å². The van der Waals surface area contributed by atoms with Crippen LogP contribution >= 0.6 is 11.6 Å². The fraction of sp³-hybridized carbons (Fsp3) is 0.500. The van der Waals surface area contributed by atoms with Gasteiger partial charge in [0.15, 0.2) is 0 Å². The highest BCUT2D eigenvalue weighted by Crippen LogP contribution is 2.21. The second kappa shape index (κ2) is 5.57. The molecule has 2 N–H and O–H groups in total. The molecule has 0 unspecified atom stereocenters. The van der Waals surface area contributed by atoms with Crippen molar-refractivity contribution in [1.82, 2.24) is 4.72 Å². The summed E-state index contributed by atoms with van der Waals surface area (Å²) in [5.74, 6) is 0. The number of halogens is 1. The SMILES string of the molecule is O=S(=O)(N[C@@H]1CCCC[C@H]1O)c1cccc(Cl)c1. The van der Waals surface area contributed by atoms with Crippen molar-refractivity contribution in [1.29, 1.82) is 0 Å². The lowest BCUT2D eigenvalue weighted by molar-refractivity contribution is 0.101. The average Bonchev–Trinajstić information content (AvgIpc) is 2.32. The van der Waals surface area contributed by atoms with Crippen LogP contribution in [-0.4, -0.2) is 25.7 Å². The van der Waals surface area contributed by atoms with Crippen molar-refractivity contribution in [3.8, 4) is 0 Å². The van der Waals surface area contributed by atoms with Crippen LogP contribution in [0.4, 0.5) is 0 Å². The zero-order chi connectivity index (χ0) is 13.2. The van der Waals surface area contributed by atoms with Crippen LogP contribution in [0.15, 0.2) is 29.2 Å². The number of hydrogen-bond donors (Lipinski definition) is 2. The largest absolute Gasteiger partial charge is 0.391 e. The van der Waals surface area contributed by atoms with Gasteiger partial charge in [-0.25, -0.2) is 13.1 Å². The van der Waals surface area contributed by atoms with E-state index in [2.05, 4.69) is 4.72 Å². The van der Waals surface area contributed by atoms with Gasteiger partial charge in [0.05, 0.1) is 11.0 Å². The predicted octanol–water partition coefficient (Wildman–Crippen LogP) is 1.92. The van der Waals surface area contributed by atoms with Gasteiger partial charge in [-0.05, 0) is 31.0 Å². The maximum absolute atomic E-state index is 12.1. The molecule has 0 heterocycles. The normalized spacial score (nSPS) is 25.0. The van der Waals surface area contributed by atoms with Crippen molar-refractivity contribution in [3.63, 3.8) is 0 Å². The van der Waals surface area contributed by atoms with Gasteiger partial charge < -0.3 is 5.11 Å². The Hall–Kier alpha value is -0.620. The molecule has 6 heteroatoms. The van der Waals surface area contributed by atoms with Gasteiger partial charge in [0, 0.05) is 11.1 Å². The Bertz CT molecular complexity index is 518. The van der Waals surface area contributed by atoms with Crippen LogP contribution in [0.3, 0.4) is 0 Å². The first kappa shape index (κ1) is 13.8. The average molecular weight is 290 g/mol. The summed E-state index contributed by atoms with van der Waals surface area (Å²) in [5, 5.41) is 10.2. The van der Waals surface area contributed by atoms with E-state index in [1.165, 1.54) is 12.1 Å². The Morgan fingerprint density at radius 1 is 1.28 bits per heavy atom. The number of rotatable bonds is 3. The summed E-state index contributed by atoms with van der Waals surface area (Å²) in [7, 11) is -3.61. The summed E-state index contributed by atoms with van der Waals surface area (Å²) in [4.78, 5) is 0.132. The lowest BCUT2D eigenvalue weighted by Gasteiger charge is -2.28. The third kappa shape index (κ3) is 3.23. The van der Waals surface area contributed by atoms with Crippen molar-refractivity contribution in [2.75, 3.05) is 0 Å². The second-order valence-electron chi connectivity index (χ2n) is 4.54. The number of nitrogens with one attached hydrogen (secondary N) is 1. The van der Waals surface area contributed by atoms with Gasteiger partial charge in [-0.2, -0.15) is 0 Å². The van der Waals surface area contributed by atoms with E-state index in [9.17, 15) is 13.5 Å². The molecule has 0 aromatic heterocycles. The van der Waals surface area contributed by atoms with Crippen LogP contribution in [0, 0.1) is 0 Å². The zero-order valence-corrected chi connectivity index (χ0v) is 11.4.